The molecule has 58 valence electrons. The third-order valence-electron chi connectivity index (χ3n) is 0.909. The van der Waals surface area contributed by atoms with E-state index in [0.29, 0.717) is 6.61 Å². The Hall–Kier alpha value is 0.132. The van der Waals surface area contributed by atoms with Gasteiger partial charge >= 0.3 is 33.3 Å². The van der Waals surface area contributed by atoms with Crippen LogP contribution >= 0.6 is 0 Å². The molecular weight excluding hydrogens is 323 g/mol. The van der Waals surface area contributed by atoms with Gasteiger partial charge in [0.15, 0.2) is 0 Å². The molecule has 0 spiro atoms. The molecular formula is C7H14O2Pb. The molecule has 3 heteroatoms. The van der Waals surface area contributed by atoms with Crippen LogP contribution in [0.1, 0.15) is 19.8 Å². The van der Waals surface area contributed by atoms with Crippen molar-refractivity contribution < 1.29 is 9.53 Å². The predicted molar refractivity (Wildman–Crippen MR) is 44.6 cm³/mol. The normalized spacial score (nSPS) is 7.70. The molecule has 0 aromatic heterocycles. The van der Waals surface area contributed by atoms with Gasteiger partial charge in [-0.1, -0.05) is 19.9 Å². The molecule has 0 aromatic rings. The van der Waals surface area contributed by atoms with Crippen LogP contribution in [-0.4, -0.2) is 39.9 Å². The maximum atomic E-state index is 10.3. The molecule has 0 fully saturated rings. The molecule has 2 nitrogen and oxygen atoms in total. The van der Waals surface area contributed by atoms with E-state index < -0.39 is 0 Å². The van der Waals surface area contributed by atoms with Crippen LogP contribution in [0.3, 0.4) is 0 Å². The average molecular weight is 337 g/mol. The number of ether oxygens (including phenoxy) is 1. The van der Waals surface area contributed by atoms with Crippen molar-refractivity contribution in [3.63, 3.8) is 0 Å². The Balaban J connectivity index is 0. The third-order valence-corrected chi connectivity index (χ3v) is 0.909. The van der Waals surface area contributed by atoms with Crippen molar-refractivity contribution in [1.29, 1.82) is 0 Å². The van der Waals surface area contributed by atoms with Crippen LogP contribution in [-0.2, 0) is 9.53 Å². The monoisotopic (exact) mass is 338 g/mol. The molecule has 0 atom stereocenters. The van der Waals surface area contributed by atoms with Gasteiger partial charge < -0.3 is 4.74 Å². The molecule has 0 saturated carbocycles. The van der Waals surface area contributed by atoms with E-state index in [4.69, 9.17) is 0 Å². The van der Waals surface area contributed by atoms with Crippen LogP contribution in [0.15, 0.2) is 12.7 Å². The van der Waals surface area contributed by atoms with Crippen LogP contribution in [0.4, 0.5) is 0 Å². The summed E-state index contributed by atoms with van der Waals surface area (Å²) in [6.07, 6.45) is 3.15. The van der Waals surface area contributed by atoms with Crippen LogP contribution < -0.4 is 0 Å². The average Bonchev–Trinajstić information content (AvgIpc) is 1.89. The summed E-state index contributed by atoms with van der Waals surface area (Å²) < 4.78 is 4.67. The van der Waals surface area contributed by atoms with Gasteiger partial charge in [0.25, 0.3) is 0 Å². The van der Waals surface area contributed by atoms with Crippen molar-refractivity contribution >= 4 is 33.3 Å². The molecule has 0 heterocycles. The SMILES string of the molecule is C=CC(=O)OCCCC.[PbH2]. The summed E-state index contributed by atoms with van der Waals surface area (Å²) in [5.74, 6) is -0.330. The first-order chi connectivity index (χ1) is 4.31. The number of esters is 1. The third kappa shape index (κ3) is 8.13. The second kappa shape index (κ2) is 9.13. The quantitative estimate of drug-likeness (QED) is 0.325. The van der Waals surface area contributed by atoms with Crippen molar-refractivity contribution in [1.82, 2.24) is 0 Å². The van der Waals surface area contributed by atoms with Crippen molar-refractivity contribution in [2.24, 2.45) is 0 Å². The molecule has 0 saturated heterocycles. The number of rotatable bonds is 4. The summed E-state index contributed by atoms with van der Waals surface area (Å²) in [5, 5.41) is 0. The van der Waals surface area contributed by atoms with E-state index >= 15 is 0 Å². The summed E-state index contributed by atoms with van der Waals surface area (Å²) in [7, 11) is 0. The molecule has 2 radical (unpaired) electrons. The predicted octanol–water partition coefficient (Wildman–Crippen LogP) is 0.599. The van der Waals surface area contributed by atoms with E-state index in [1.165, 1.54) is 6.08 Å². The minimum absolute atomic E-state index is 0. The molecule has 0 aromatic carbocycles. The summed E-state index contributed by atoms with van der Waals surface area (Å²) in [5.41, 5.74) is 0. The van der Waals surface area contributed by atoms with Gasteiger partial charge in [-0.05, 0) is 6.42 Å². The first kappa shape index (κ1) is 12.8. The van der Waals surface area contributed by atoms with Gasteiger partial charge in [-0.3, -0.25) is 0 Å². The van der Waals surface area contributed by atoms with E-state index in [1.807, 2.05) is 6.92 Å². The van der Waals surface area contributed by atoms with Crippen LogP contribution in [0.5, 0.6) is 0 Å². The molecule has 0 aliphatic rings. The molecule has 0 aliphatic carbocycles. The summed E-state index contributed by atoms with van der Waals surface area (Å²) in [6.45, 7) is 5.82. The zero-order valence-electron chi connectivity index (χ0n) is 6.43. The second-order valence-electron chi connectivity index (χ2n) is 1.73. The molecule has 0 rings (SSSR count). The van der Waals surface area contributed by atoms with Crippen molar-refractivity contribution in [2.45, 2.75) is 19.8 Å². The van der Waals surface area contributed by atoms with Gasteiger partial charge in [-0.2, -0.15) is 0 Å². The van der Waals surface area contributed by atoms with E-state index in [2.05, 4.69) is 11.3 Å². The fraction of sp³-hybridized carbons (Fsp3) is 0.571. The summed E-state index contributed by atoms with van der Waals surface area (Å²) in [4.78, 5) is 10.3. The zero-order chi connectivity index (χ0) is 7.11. The minimum atomic E-state index is -0.330. The van der Waals surface area contributed by atoms with Crippen LogP contribution in [0.2, 0.25) is 0 Å². The van der Waals surface area contributed by atoms with E-state index in [0.717, 1.165) is 12.8 Å². The second-order valence-corrected chi connectivity index (χ2v) is 1.73. The van der Waals surface area contributed by atoms with E-state index in [9.17, 15) is 4.79 Å². The number of unbranched alkanes of at least 4 members (excludes halogenated alkanes) is 1. The van der Waals surface area contributed by atoms with Crippen molar-refractivity contribution in [3.8, 4) is 0 Å². The number of carbonyl (C=O) groups excluding carboxylic acids is 1. The van der Waals surface area contributed by atoms with E-state index in [-0.39, 0.29) is 33.3 Å². The fourth-order valence-electron chi connectivity index (χ4n) is 0.376. The van der Waals surface area contributed by atoms with Crippen molar-refractivity contribution in [3.05, 3.63) is 12.7 Å². The molecule has 0 N–H and O–H groups in total. The van der Waals surface area contributed by atoms with Gasteiger partial charge in [-0.15, -0.1) is 0 Å². The topological polar surface area (TPSA) is 26.3 Å². The molecule has 0 aliphatic heterocycles. The maximum absolute atomic E-state index is 10.3. The first-order valence-electron chi connectivity index (χ1n) is 3.10. The number of carbonyl (C=O) groups is 1. The van der Waals surface area contributed by atoms with Gasteiger partial charge in [0.1, 0.15) is 0 Å². The summed E-state index contributed by atoms with van der Waals surface area (Å²) in [6, 6.07) is 0. The Morgan fingerprint density at radius 3 is 2.70 bits per heavy atom. The molecule has 10 heavy (non-hydrogen) atoms. The van der Waals surface area contributed by atoms with Gasteiger partial charge in [0, 0.05) is 6.08 Å². The van der Waals surface area contributed by atoms with Gasteiger partial charge in [0.2, 0.25) is 0 Å². The molecule has 0 amide bonds. The Labute approximate surface area is 81.8 Å². The van der Waals surface area contributed by atoms with Gasteiger partial charge in [0.05, 0.1) is 6.61 Å². The Morgan fingerprint density at radius 1 is 1.70 bits per heavy atom. The molecule has 0 bridgehead atoms. The fourth-order valence-corrected chi connectivity index (χ4v) is 0.376. The zero-order valence-corrected chi connectivity index (χ0v) is 11.9. The van der Waals surface area contributed by atoms with Crippen LogP contribution in [0, 0.1) is 0 Å². The number of hydrogen-bond acceptors (Lipinski definition) is 2. The Bertz CT molecular complexity index is 102. The standard InChI is InChI=1S/C7H12O2.Pb.2H/c1-3-5-6-9-7(8)4-2;;;/h4H,2-3,5-6H2,1H3;;;. The molecule has 0 unspecified atom stereocenters. The van der Waals surface area contributed by atoms with Crippen molar-refractivity contribution in [2.75, 3.05) is 6.61 Å². The Kier molecular flexibility index (Phi) is 11.7. The van der Waals surface area contributed by atoms with Gasteiger partial charge in [-0.25, -0.2) is 4.79 Å². The first-order valence-corrected chi connectivity index (χ1v) is 3.10. The van der Waals surface area contributed by atoms with Crippen LogP contribution in [0.25, 0.3) is 0 Å². The number of hydrogen-bond donors (Lipinski definition) is 0. The van der Waals surface area contributed by atoms with E-state index in [1.54, 1.807) is 0 Å². The Morgan fingerprint density at radius 2 is 2.30 bits per heavy atom. The summed E-state index contributed by atoms with van der Waals surface area (Å²) >= 11 is 0.